The quantitative estimate of drug-likeness (QED) is 0.607. The van der Waals surface area contributed by atoms with Crippen LogP contribution < -0.4 is 9.64 Å². The number of rotatable bonds is 6. The molecule has 30 heavy (non-hydrogen) atoms. The molecule has 3 heterocycles. The van der Waals surface area contributed by atoms with E-state index in [1.165, 1.54) is 0 Å². The molecule has 1 N–H and O–H groups in total. The number of aryl methyl sites for hydroxylation is 1. The van der Waals surface area contributed by atoms with E-state index in [4.69, 9.17) is 21.3 Å². The summed E-state index contributed by atoms with van der Waals surface area (Å²) in [5.74, 6) is 1.66. The molecule has 1 fully saturated rings. The number of halogens is 1. The average molecular weight is 445 g/mol. The predicted molar refractivity (Wildman–Crippen MR) is 119 cm³/mol. The van der Waals surface area contributed by atoms with Crippen molar-refractivity contribution in [1.29, 1.82) is 0 Å². The van der Waals surface area contributed by atoms with E-state index in [-0.39, 0.29) is 0 Å². The van der Waals surface area contributed by atoms with Gasteiger partial charge < -0.3 is 14.7 Å². The number of thiazole rings is 1. The molecule has 0 unspecified atom stereocenters. The number of aromatic nitrogens is 3. The summed E-state index contributed by atoms with van der Waals surface area (Å²) in [6.45, 7) is 4.14. The largest absolute Gasteiger partial charge is 0.493 e. The van der Waals surface area contributed by atoms with Gasteiger partial charge in [-0.3, -0.25) is 4.98 Å². The number of ether oxygens (including phenoxy) is 1. The summed E-state index contributed by atoms with van der Waals surface area (Å²) >= 11 is 7.51. The molecule has 8 heteroatoms. The Bertz CT molecular complexity index is 967. The fraction of sp³-hybridized carbons (Fsp3) is 0.409. The lowest BCUT2D eigenvalue weighted by atomic mass is 9.96. The number of anilines is 1. The molecule has 0 radical (unpaired) electrons. The van der Waals surface area contributed by atoms with E-state index in [0.717, 1.165) is 53.1 Å². The second-order valence-corrected chi connectivity index (χ2v) is 9.04. The van der Waals surface area contributed by atoms with Crippen LogP contribution in [-0.2, 0) is 12.0 Å². The molecule has 1 aromatic carbocycles. The van der Waals surface area contributed by atoms with Crippen molar-refractivity contribution in [3.63, 3.8) is 0 Å². The molecular weight excluding hydrogens is 420 g/mol. The van der Waals surface area contributed by atoms with Crippen molar-refractivity contribution >= 4 is 28.8 Å². The Morgan fingerprint density at radius 1 is 1.20 bits per heavy atom. The van der Waals surface area contributed by atoms with Crippen LogP contribution in [0.4, 0.5) is 5.82 Å². The first-order valence-electron chi connectivity index (χ1n) is 10.1. The SMILES string of the molecule is Cc1nc([C@@]2(O)CCCN(c3cnccn3)CC2)sc1CCOc1ccc(Cl)cc1. The lowest BCUT2D eigenvalue weighted by Crippen LogP contribution is -2.29. The molecule has 2 aromatic heterocycles. The number of benzene rings is 1. The van der Waals surface area contributed by atoms with Gasteiger partial charge in [0.1, 0.15) is 22.2 Å². The van der Waals surface area contributed by atoms with Gasteiger partial charge in [-0.2, -0.15) is 0 Å². The maximum Gasteiger partial charge on any atom is 0.147 e. The third-order valence-electron chi connectivity index (χ3n) is 5.39. The van der Waals surface area contributed by atoms with Crippen LogP contribution in [-0.4, -0.2) is 39.8 Å². The van der Waals surface area contributed by atoms with Crippen LogP contribution in [0.2, 0.25) is 5.02 Å². The highest BCUT2D eigenvalue weighted by Crippen LogP contribution is 2.37. The predicted octanol–water partition coefficient (Wildman–Crippen LogP) is 4.39. The second kappa shape index (κ2) is 9.29. The van der Waals surface area contributed by atoms with Crippen molar-refractivity contribution in [1.82, 2.24) is 15.0 Å². The van der Waals surface area contributed by atoms with Crippen molar-refractivity contribution in [2.45, 2.75) is 38.2 Å². The van der Waals surface area contributed by atoms with E-state index in [2.05, 4.69) is 14.9 Å². The number of aliphatic hydroxyl groups is 1. The van der Waals surface area contributed by atoms with Gasteiger partial charge in [-0.25, -0.2) is 9.97 Å². The smallest absolute Gasteiger partial charge is 0.147 e. The van der Waals surface area contributed by atoms with Crippen LogP contribution in [0.5, 0.6) is 5.75 Å². The number of hydrogen-bond acceptors (Lipinski definition) is 7. The fourth-order valence-corrected chi connectivity index (χ4v) is 4.98. The third kappa shape index (κ3) is 4.91. The van der Waals surface area contributed by atoms with Gasteiger partial charge in [0.05, 0.1) is 18.5 Å². The zero-order valence-electron chi connectivity index (χ0n) is 16.9. The van der Waals surface area contributed by atoms with Crippen LogP contribution in [0, 0.1) is 6.92 Å². The van der Waals surface area contributed by atoms with Gasteiger partial charge in [-0.1, -0.05) is 11.6 Å². The summed E-state index contributed by atoms with van der Waals surface area (Å²) < 4.78 is 5.82. The molecule has 1 atom stereocenters. The van der Waals surface area contributed by atoms with E-state index < -0.39 is 5.60 Å². The van der Waals surface area contributed by atoms with Crippen molar-refractivity contribution in [2.75, 3.05) is 24.6 Å². The van der Waals surface area contributed by atoms with E-state index in [1.807, 2.05) is 31.2 Å². The maximum absolute atomic E-state index is 11.4. The molecule has 158 valence electrons. The van der Waals surface area contributed by atoms with E-state index in [1.54, 1.807) is 29.9 Å². The molecule has 1 saturated heterocycles. The second-order valence-electron chi connectivity index (χ2n) is 7.52. The van der Waals surface area contributed by atoms with Gasteiger partial charge in [0, 0.05) is 48.2 Å². The normalized spacial score (nSPS) is 19.5. The van der Waals surface area contributed by atoms with Crippen LogP contribution >= 0.6 is 22.9 Å². The minimum atomic E-state index is -0.901. The van der Waals surface area contributed by atoms with E-state index in [9.17, 15) is 5.11 Å². The molecule has 6 nitrogen and oxygen atoms in total. The van der Waals surface area contributed by atoms with Gasteiger partial charge in [0.15, 0.2) is 0 Å². The van der Waals surface area contributed by atoms with Crippen LogP contribution in [0.15, 0.2) is 42.9 Å². The average Bonchev–Trinajstić information content (AvgIpc) is 3.01. The molecule has 0 saturated carbocycles. The molecular formula is C22H25ClN4O2S. The summed E-state index contributed by atoms with van der Waals surface area (Å²) in [6.07, 6.45) is 8.10. The zero-order valence-corrected chi connectivity index (χ0v) is 18.5. The first kappa shape index (κ1) is 21.0. The van der Waals surface area contributed by atoms with Crippen LogP contribution in [0.1, 0.15) is 34.8 Å². The van der Waals surface area contributed by atoms with Gasteiger partial charge in [-0.05, 0) is 44.0 Å². The van der Waals surface area contributed by atoms with Crippen molar-refractivity contribution < 1.29 is 9.84 Å². The molecule has 3 aromatic rings. The Balaban J connectivity index is 1.39. The van der Waals surface area contributed by atoms with Gasteiger partial charge in [0.25, 0.3) is 0 Å². The topological polar surface area (TPSA) is 71.4 Å². The highest BCUT2D eigenvalue weighted by Gasteiger charge is 2.35. The number of hydrogen-bond donors (Lipinski definition) is 1. The zero-order chi connectivity index (χ0) is 21.0. The fourth-order valence-electron chi connectivity index (χ4n) is 3.67. The summed E-state index contributed by atoms with van der Waals surface area (Å²) in [5.41, 5.74) is 0.0694. The van der Waals surface area contributed by atoms with E-state index in [0.29, 0.717) is 24.5 Å². The Kier molecular flexibility index (Phi) is 6.51. The Hall–Kier alpha value is -2.22. The van der Waals surface area contributed by atoms with Crippen LogP contribution in [0.3, 0.4) is 0 Å². The monoisotopic (exact) mass is 444 g/mol. The number of nitrogens with zero attached hydrogens (tertiary/aromatic N) is 4. The van der Waals surface area contributed by atoms with Gasteiger partial charge in [0.2, 0.25) is 0 Å². The van der Waals surface area contributed by atoms with Gasteiger partial charge >= 0.3 is 0 Å². The summed E-state index contributed by atoms with van der Waals surface area (Å²) in [4.78, 5) is 16.6. The molecule has 0 spiro atoms. The van der Waals surface area contributed by atoms with Gasteiger partial charge in [-0.15, -0.1) is 11.3 Å². The first-order chi connectivity index (χ1) is 14.5. The van der Waals surface area contributed by atoms with Crippen molar-refractivity contribution in [3.05, 3.63) is 63.5 Å². The Morgan fingerprint density at radius 3 is 2.80 bits per heavy atom. The standard InChI is InChI=1S/C22H25ClN4O2S/c1-16-19(7-14-29-18-5-3-17(23)4-6-18)30-21(26-16)22(28)8-2-12-27(13-9-22)20-15-24-10-11-25-20/h3-6,10-11,15,28H,2,7-9,12-14H2,1H3/t22-/m1/s1. The van der Waals surface area contributed by atoms with Crippen molar-refractivity contribution in [2.24, 2.45) is 0 Å². The Labute approximate surface area is 185 Å². The Morgan fingerprint density at radius 2 is 2.03 bits per heavy atom. The van der Waals surface area contributed by atoms with Crippen LogP contribution in [0.25, 0.3) is 0 Å². The lowest BCUT2D eigenvalue weighted by Gasteiger charge is -2.25. The summed E-state index contributed by atoms with van der Waals surface area (Å²) in [5, 5.41) is 12.9. The molecule has 0 aliphatic carbocycles. The lowest BCUT2D eigenvalue weighted by molar-refractivity contribution is 0.0241. The minimum Gasteiger partial charge on any atom is -0.493 e. The molecule has 0 bridgehead atoms. The molecule has 1 aliphatic rings. The summed E-state index contributed by atoms with van der Waals surface area (Å²) in [6, 6.07) is 7.37. The third-order valence-corrected chi connectivity index (χ3v) is 7.05. The molecule has 1 aliphatic heterocycles. The highest BCUT2D eigenvalue weighted by atomic mass is 35.5. The minimum absolute atomic E-state index is 0.559. The maximum atomic E-state index is 11.4. The van der Waals surface area contributed by atoms with E-state index >= 15 is 0 Å². The first-order valence-corrected chi connectivity index (χ1v) is 11.3. The molecule has 4 rings (SSSR count). The van der Waals surface area contributed by atoms with Crippen molar-refractivity contribution in [3.8, 4) is 5.75 Å². The molecule has 0 amide bonds. The highest BCUT2D eigenvalue weighted by molar-refractivity contribution is 7.11. The summed E-state index contributed by atoms with van der Waals surface area (Å²) in [7, 11) is 0.